The van der Waals surface area contributed by atoms with Gasteiger partial charge in [-0.25, -0.2) is 0 Å². The number of hydrogen-bond acceptors (Lipinski definition) is 2. The Kier molecular flexibility index (Phi) is 5.64. The molecule has 1 rings (SSSR count). The summed E-state index contributed by atoms with van der Waals surface area (Å²) in [5.41, 5.74) is 8.06. The predicted octanol–water partition coefficient (Wildman–Crippen LogP) is 3.08. The maximum atomic E-state index is 6.23. The van der Waals surface area contributed by atoms with Gasteiger partial charge in [-0.1, -0.05) is 24.6 Å². The van der Waals surface area contributed by atoms with Gasteiger partial charge in [-0.15, -0.1) is 0 Å². The van der Waals surface area contributed by atoms with Crippen LogP contribution in [0.3, 0.4) is 0 Å². The molecule has 0 atom stereocenters. The van der Waals surface area contributed by atoms with E-state index in [1.807, 2.05) is 12.1 Å². The van der Waals surface area contributed by atoms with Crippen molar-refractivity contribution in [1.29, 1.82) is 0 Å². The molecule has 2 nitrogen and oxygen atoms in total. The first kappa shape index (κ1) is 13.3. The molecule has 0 aromatic heterocycles. The second-order valence-electron chi connectivity index (χ2n) is 3.86. The first-order valence-electron chi connectivity index (χ1n) is 5.97. The van der Waals surface area contributed by atoms with Gasteiger partial charge >= 0.3 is 0 Å². The van der Waals surface area contributed by atoms with E-state index < -0.39 is 0 Å². The number of nitrogens with two attached hydrogens (primary N) is 1. The van der Waals surface area contributed by atoms with Gasteiger partial charge in [-0.3, -0.25) is 0 Å². The van der Waals surface area contributed by atoms with Gasteiger partial charge in [0.05, 0.1) is 0 Å². The largest absolute Gasteiger partial charge is 0.372 e. The number of anilines is 1. The zero-order valence-corrected chi connectivity index (χ0v) is 10.9. The monoisotopic (exact) mass is 240 g/mol. The summed E-state index contributed by atoms with van der Waals surface area (Å²) in [6.07, 6.45) is 1.98. The minimum absolute atomic E-state index is 0.639. The predicted molar refractivity (Wildman–Crippen MR) is 72.4 cm³/mol. The molecule has 0 spiro atoms. The average molecular weight is 241 g/mol. The number of hydrogen-bond donors (Lipinski definition) is 1. The van der Waals surface area contributed by atoms with E-state index in [9.17, 15) is 0 Å². The molecule has 0 unspecified atom stereocenters. The Bertz CT molecular complexity index is 326. The zero-order chi connectivity index (χ0) is 12.0. The summed E-state index contributed by atoms with van der Waals surface area (Å²) in [5, 5.41) is 0.831. The molecule has 0 fully saturated rings. The van der Waals surface area contributed by atoms with Crippen LogP contribution in [0.25, 0.3) is 0 Å². The first-order chi connectivity index (χ1) is 7.74. The van der Waals surface area contributed by atoms with E-state index in [1.54, 1.807) is 0 Å². The Morgan fingerprint density at radius 1 is 1.31 bits per heavy atom. The first-order valence-corrected chi connectivity index (χ1v) is 6.34. The summed E-state index contributed by atoms with van der Waals surface area (Å²) in [5.74, 6) is 0. The van der Waals surface area contributed by atoms with Gasteiger partial charge in [0.25, 0.3) is 0 Å². The molecular formula is C13H21ClN2. The van der Waals surface area contributed by atoms with Crippen molar-refractivity contribution >= 4 is 17.3 Å². The molecule has 1 aromatic carbocycles. The van der Waals surface area contributed by atoms with E-state index in [1.165, 1.54) is 11.3 Å². The normalized spacial score (nSPS) is 10.5. The average Bonchev–Trinajstić information content (AvgIpc) is 2.29. The molecule has 0 aliphatic heterocycles. The molecule has 3 heteroatoms. The zero-order valence-electron chi connectivity index (χ0n) is 10.2. The molecule has 90 valence electrons. The Balaban J connectivity index is 3.04. The maximum absolute atomic E-state index is 6.23. The van der Waals surface area contributed by atoms with Crippen LogP contribution in [-0.2, 0) is 6.42 Å². The second kappa shape index (κ2) is 6.77. The van der Waals surface area contributed by atoms with Crippen molar-refractivity contribution in [2.24, 2.45) is 5.73 Å². The van der Waals surface area contributed by atoms with Crippen LogP contribution in [0.5, 0.6) is 0 Å². The summed E-state index contributed by atoms with van der Waals surface area (Å²) in [6, 6.07) is 6.09. The van der Waals surface area contributed by atoms with Gasteiger partial charge in [-0.05, 0) is 44.0 Å². The van der Waals surface area contributed by atoms with Crippen LogP contribution in [0.2, 0.25) is 5.02 Å². The molecule has 0 aliphatic rings. The highest BCUT2D eigenvalue weighted by atomic mass is 35.5. The molecular weight excluding hydrogens is 220 g/mol. The van der Waals surface area contributed by atoms with E-state index >= 15 is 0 Å². The van der Waals surface area contributed by atoms with Crippen molar-refractivity contribution < 1.29 is 0 Å². The summed E-state index contributed by atoms with van der Waals surface area (Å²) < 4.78 is 0. The van der Waals surface area contributed by atoms with Gasteiger partial charge in [0.2, 0.25) is 0 Å². The van der Waals surface area contributed by atoms with E-state index in [0.29, 0.717) is 6.54 Å². The number of rotatable bonds is 6. The van der Waals surface area contributed by atoms with E-state index in [4.69, 9.17) is 17.3 Å². The van der Waals surface area contributed by atoms with Crippen molar-refractivity contribution in [2.75, 3.05) is 24.5 Å². The van der Waals surface area contributed by atoms with E-state index in [2.05, 4.69) is 24.8 Å². The number of benzene rings is 1. The summed E-state index contributed by atoms with van der Waals surface area (Å²) in [7, 11) is 0. The highest BCUT2D eigenvalue weighted by Gasteiger charge is 2.11. The molecule has 16 heavy (non-hydrogen) atoms. The standard InChI is InChI=1S/C13H21ClN2/c1-3-10-16(4-2)13-7-5-6-12(14)11(13)8-9-15/h5-7H,3-4,8-10,15H2,1-2H3. The van der Waals surface area contributed by atoms with Crippen LogP contribution in [0, 0.1) is 0 Å². The molecule has 0 bridgehead atoms. The molecule has 0 amide bonds. The van der Waals surface area contributed by atoms with Crippen molar-refractivity contribution in [1.82, 2.24) is 0 Å². The van der Waals surface area contributed by atoms with Gasteiger partial charge in [0, 0.05) is 23.8 Å². The molecule has 0 aliphatic carbocycles. The smallest absolute Gasteiger partial charge is 0.0459 e. The van der Waals surface area contributed by atoms with Crippen LogP contribution in [-0.4, -0.2) is 19.6 Å². The number of nitrogens with zero attached hydrogens (tertiary/aromatic N) is 1. The highest BCUT2D eigenvalue weighted by molar-refractivity contribution is 6.31. The summed E-state index contributed by atoms with van der Waals surface area (Å²) >= 11 is 6.23. The third-order valence-electron chi connectivity index (χ3n) is 2.70. The van der Waals surface area contributed by atoms with Crippen molar-refractivity contribution in [3.05, 3.63) is 28.8 Å². The highest BCUT2D eigenvalue weighted by Crippen LogP contribution is 2.27. The fraction of sp³-hybridized carbons (Fsp3) is 0.538. The van der Waals surface area contributed by atoms with Crippen LogP contribution >= 0.6 is 11.6 Å². The molecule has 0 heterocycles. The Labute approximate surface area is 103 Å². The molecule has 2 N–H and O–H groups in total. The topological polar surface area (TPSA) is 29.3 Å². The van der Waals surface area contributed by atoms with Crippen LogP contribution in [0.15, 0.2) is 18.2 Å². The van der Waals surface area contributed by atoms with Gasteiger partial charge in [0.15, 0.2) is 0 Å². The molecule has 0 saturated heterocycles. The van der Waals surface area contributed by atoms with Crippen molar-refractivity contribution in [2.45, 2.75) is 26.7 Å². The fourth-order valence-corrected chi connectivity index (χ4v) is 2.22. The van der Waals surface area contributed by atoms with Gasteiger partial charge in [-0.2, -0.15) is 0 Å². The third-order valence-corrected chi connectivity index (χ3v) is 3.06. The lowest BCUT2D eigenvalue weighted by Gasteiger charge is -2.25. The van der Waals surface area contributed by atoms with Crippen LogP contribution < -0.4 is 10.6 Å². The SMILES string of the molecule is CCCN(CC)c1cccc(Cl)c1CCN. The lowest BCUT2D eigenvalue weighted by Crippen LogP contribution is -2.25. The lowest BCUT2D eigenvalue weighted by molar-refractivity contribution is 0.783. The van der Waals surface area contributed by atoms with Crippen LogP contribution in [0.4, 0.5) is 5.69 Å². The van der Waals surface area contributed by atoms with Gasteiger partial charge < -0.3 is 10.6 Å². The Hall–Kier alpha value is -0.730. The van der Waals surface area contributed by atoms with Crippen molar-refractivity contribution in [3.63, 3.8) is 0 Å². The second-order valence-corrected chi connectivity index (χ2v) is 4.26. The summed E-state index contributed by atoms with van der Waals surface area (Å²) in [4.78, 5) is 2.36. The lowest BCUT2D eigenvalue weighted by atomic mass is 10.1. The maximum Gasteiger partial charge on any atom is 0.0459 e. The Morgan fingerprint density at radius 2 is 2.06 bits per heavy atom. The molecule has 0 radical (unpaired) electrons. The third kappa shape index (κ3) is 3.13. The van der Waals surface area contributed by atoms with E-state index in [-0.39, 0.29) is 0 Å². The Morgan fingerprint density at radius 3 is 2.62 bits per heavy atom. The minimum atomic E-state index is 0.639. The fourth-order valence-electron chi connectivity index (χ4n) is 1.95. The molecule has 1 aromatic rings. The van der Waals surface area contributed by atoms with E-state index in [0.717, 1.165) is 31.0 Å². The van der Waals surface area contributed by atoms with Crippen LogP contribution in [0.1, 0.15) is 25.8 Å². The van der Waals surface area contributed by atoms with Crippen molar-refractivity contribution in [3.8, 4) is 0 Å². The summed E-state index contributed by atoms with van der Waals surface area (Å²) in [6.45, 7) is 7.07. The molecule has 0 saturated carbocycles. The minimum Gasteiger partial charge on any atom is -0.372 e. The number of halogens is 1. The quantitative estimate of drug-likeness (QED) is 0.828. The van der Waals surface area contributed by atoms with Gasteiger partial charge in [0.1, 0.15) is 0 Å².